The van der Waals surface area contributed by atoms with E-state index in [-0.39, 0.29) is 5.41 Å². The molecule has 8 heteroatoms. The maximum absolute atomic E-state index is 6.45. The molecule has 1 aliphatic rings. The Bertz CT molecular complexity index is 1080. The van der Waals surface area contributed by atoms with Crippen LogP contribution in [0.1, 0.15) is 36.7 Å². The van der Waals surface area contributed by atoms with Crippen LogP contribution in [0.15, 0.2) is 41.4 Å². The Morgan fingerprint density at radius 3 is 2.63 bits per heavy atom. The van der Waals surface area contributed by atoms with Crippen molar-refractivity contribution in [2.45, 2.75) is 32.1 Å². The van der Waals surface area contributed by atoms with E-state index in [4.69, 9.17) is 27.9 Å². The molecule has 30 heavy (non-hydrogen) atoms. The van der Waals surface area contributed by atoms with Crippen molar-refractivity contribution in [2.24, 2.45) is 4.99 Å². The molecule has 0 saturated heterocycles. The second-order valence-electron chi connectivity index (χ2n) is 7.46. The van der Waals surface area contributed by atoms with Gasteiger partial charge in [0.05, 0.1) is 22.5 Å². The number of nitrogens with zero attached hydrogens (tertiary/aromatic N) is 4. The number of aromatic nitrogens is 2. The zero-order valence-electron chi connectivity index (χ0n) is 17.0. The van der Waals surface area contributed by atoms with Gasteiger partial charge in [-0.2, -0.15) is 9.36 Å². The molecule has 0 radical (unpaired) electrons. The van der Waals surface area contributed by atoms with Crippen LogP contribution in [-0.4, -0.2) is 34.2 Å². The minimum Gasteiger partial charge on any atom is -0.428 e. The first-order chi connectivity index (χ1) is 14.4. The lowest BCUT2D eigenvalue weighted by Crippen LogP contribution is -2.14. The van der Waals surface area contributed by atoms with Crippen LogP contribution >= 0.6 is 34.7 Å². The van der Waals surface area contributed by atoms with Crippen LogP contribution in [0.4, 0.5) is 5.69 Å². The quantitative estimate of drug-likeness (QED) is 0.293. The largest absolute Gasteiger partial charge is 0.428 e. The molecule has 1 fully saturated rings. The third-order valence-electron chi connectivity index (χ3n) is 5.32. The minimum absolute atomic E-state index is 0.133. The second-order valence-corrected chi connectivity index (χ2v) is 9.02. The van der Waals surface area contributed by atoms with E-state index in [1.165, 1.54) is 17.1 Å². The van der Waals surface area contributed by atoms with Crippen molar-refractivity contribution in [3.8, 4) is 10.9 Å². The molecular formula is C22H22Cl2N4OS. The third-order valence-corrected chi connectivity index (χ3v) is 6.47. The molecule has 0 N–H and O–H groups in total. The fourth-order valence-corrected chi connectivity index (χ4v) is 4.14. The van der Waals surface area contributed by atoms with Crippen LogP contribution in [-0.2, 0) is 5.41 Å². The molecule has 5 nitrogen and oxygen atoms in total. The summed E-state index contributed by atoms with van der Waals surface area (Å²) in [6, 6.07) is 11.6. The van der Waals surface area contributed by atoms with E-state index < -0.39 is 0 Å². The van der Waals surface area contributed by atoms with Gasteiger partial charge in [-0.15, -0.1) is 0 Å². The monoisotopic (exact) mass is 460 g/mol. The van der Waals surface area contributed by atoms with E-state index >= 15 is 0 Å². The van der Waals surface area contributed by atoms with Crippen molar-refractivity contribution in [2.75, 3.05) is 13.6 Å². The van der Waals surface area contributed by atoms with Gasteiger partial charge in [0.1, 0.15) is 5.75 Å². The molecule has 0 unspecified atom stereocenters. The maximum atomic E-state index is 6.45. The van der Waals surface area contributed by atoms with Crippen LogP contribution in [0, 0.1) is 6.92 Å². The Morgan fingerprint density at radius 2 is 1.97 bits per heavy atom. The van der Waals surface area contributed by atoms with Gasteiger partial charge in [-0.25, -0.2) is 4.99 Å². The summed E-state index contributed by atoms with van der Waals surface area (Å²) in [6.07, 6.45) is 3.83. The number of benzene rings is 2. The summed E-state index contributed by atoms with van der Waals surface area (Å²) in [5.74, 6) is 1.34. The van der Waals surface area contributed by atoms with Crippen molar-refractivity contribution in [3.63, 3.8) is 0 Å². The summed E-state index contributed by atoms with van der Waals surface area (Å²) in [4.78, 5) is 11.2. The smallest absolute Gasteiger partial charge is 0.298 e. The molecule has 0 spiro atoms. The number of hydrogen-bond donors (Lipinski definition) is 0. The second kappa shape index (κ2) is 8.53. The van der Waals surface area contributed by atoms with Gasteiger partial charge < -0.3 is 9.64 Å². The molecular weight excluding hydrogens is 439 g/mol. The highest BCUT2D eigenvalue weighted by Gasteiger charge is 2.49. The highest BCUT2D eigenvalue weighted by molar-refractivity contribution is 7.07. The SMILES string of the molecule is CCN(C)/C=N\c1cc(Cl)c(Oc2nc(C3(c4ccc(Cl)cc4)CC3)ns2)cc1C. The van der Waals surface area contributed by atoms with Crippen molar-refractivity contribution in [1.29, 1.82) is 0 Å². The molecule has 1 heterocycles. The van der Waals surface area contributed by atoms with Gasteiger partial charge in [-0.1, -0.05) is 35.3 Å². The first-order valence-corrected chi connectivity index (χ1v) is 11.3. The van der Waals surface area contributed by atoms with E-state index in [1.54, 1.807) is 6.34 Å². The molecule has 4 rings (SSSR count). The Balaban J connectivity index is 1.53. The fraction of sp³-hybridized carbons (Fsp3) is 0.318. The van der Waals surface area contributed by atoms with Crippen LogP contribution in [0.5, 0.6) is 10.9 Å². The lowest BCUT2D eigenvalue weighted by Gasteiger charge is -2.12. The van der Waals surface area contributed by atoms with Gasteiger partial charge in [0.25, 0.3) is 5.19 Å². The summed E-state index contributed by atoms with van der Waals surface area (Å²) in [5, 5.41) is 1.69. The predicted molar refractivity (Wildman–Crippen MR) is 124 cm³/mol. The molecule has 1 aliphatic carbocycles. The first kappa shape index (κ1) is 21.1. The van der Waals surface area contributed by atoms with Gasteiger partial charge in [-0.3, -0.25) is 0 Å². The lowest BCUT2D eigenvalue weighted by molar-refractivity contribution is 0.475. The van der Waals surface area contributed by atoms with Crippen molar-refractivity contribution < 1.29 is 4.74 Å². The lowest BCUT2D eigenvalue weighted by atomic mass is 9.95. The van der Waals surface area contributed by atoms with E-state index in [9.17, 15) is 0 Å². The third kappa shape index (κ3) is 4.31. The molecule has 1 aromatic heterocycles. The molecule has 0 amide bonds. The van der Waals surface area contributed by atoms with Gasteiger partial charge in [-0.05, 0) is 62.1 Å². The fourth-order valence-electron chi connectivity index (χ4n) is 3.18. The van der Waals surface area contributed by atoms with E-state index in [0.29, 0.717) is 16.0 Å². The van der Waals surface area contributed by atoms with Crippen LogP contribution in [0.3, 0.4) is 0 Å². The highest BCUT2D eigenvalue weighted by Crippen LogP contribution is 2.53. The highest BCUT2D eigenvalue weighted by atomic mass is 35.5. The van der Waals surface area contributed by atoms with E-state index in [0.717, 1.165) is 41.5 Å². The minimum atomic E-state index is -0.133. The van der Waals surface area contributed by atoms with E-state index in [2.05, 4.69) is 21.3 Å². The molecule has 156 valence electrons. The molecule has 1 saturated carbocycles. The Kier molecular flexibility index (Phi) is 6.00. The summed E-state index contributed by atoms with van der Waals surface area (Å²) in [6.45, 7) is 4.93. The van der Waals surface area contributed by atoms with Gasteiger partial charge in [0.2, 0.25) is 0 Å². The number of aliphatic imine (C=N–C) groups is 1. The van der Waals surface area contributed by atoms with Crippen molar-refractivity contribution >= 4 is 46.8 Å². The summed E-state index contributed by atoms with van der Waals surface area (Å²) < 4.78 is 10.6. The van der Waals surface area contributed by atoms with Crippen molar-refractivity contribution in [3.05, 3.63) is 63.4 Å². The number of ether oxygens (including phenoxy) is 1. The van der Waals surface area contributed by atoms with Crippen molar-refractivity contribution in [1.82, 2.24) is 14.3 Å². The predicted octanol–water partition coefficient (Wildman–Crippen LogP) is 6.64. The first-order valence-electron chi connectivity index (χ1n) is 9.74. The molecule has 0 aliphatic heterocycles. The van der Waals surface area contributed by atoms with E-state index in [1.807, 2.05) is 55.3 Å². The topological polar surface area (TPSA) is 50.6 Å². The zero-order chi connectivity index (χ0) is 21.3. The van der Waals surface area contributed by atoms with Gasteiger partial charge in [0, 0.05) is 30.1 Å². The normalized spacial score (nSPS) is 14.8. The van der Waals surface area contributed by atoms with Crippen LogP contribution < -0.4 is 4.74 Å². The Labute approximate surface area is 190 Å². The summed E-state index contributed by atoms with van der Waals surface area (Å²) in [7, 11) is 1.97. The van der Waals surface area contributed by atoms with Crippen LogP contribution in [0.2, 0.25) is 10.0 Å². The maximum Gasteiger partial charge on any atom is 0.298 e. The number of rotatable bonds is 7. The number of halogens is 2. The molecule has 0 atom stereocenters. The summed E-state index contributed by atoms with van der Waals surface area (Å²) in [5.41, 5.74) is 2.83. The average molecular weight is 461 g/mol. The number of aryl methyl sites for hydroxylation is 1. The van der Waals surface area contributed by atoms with Crippen LogP contribution in [0.25, 0.3) is 0 Å². The Hall–Kier alpha value is -2.15. The van der Waals surface area contributed by atoms with Gasteiger partial charge >= 0.3 is 0 Å². The standard InChI is InChI=1S/C22H22Cl2N4OS/c1-4-28(3)13-25-18-12-17(24)19(11-14(18)2)29-21-26-20(27-30-21)22(9-10-22)15-5-7-16(23)8-6-15/h5-8,11-13H,4,9-10H2,1-3H3/b25-13-. The Morgan fingerprint density at radius 1 is 1.23 bits per heavy atom. The summed E-state index contributed by atoms with van der Waals surface area (Å²) >= 11 is 13.7. The zero-order valence-corrected chi connectivity index (χ0v) is 19.4. The number of hydrogen-bond acceptors (Lipinski definition) is 5. The molecule has 0 bridgehead atoms. The van der Waals surface area contributed by atoms with Gasteiger partial charge in [0.15, 0.2) is 5.82 Å². The molecule has 3 aromatic rings. The molecule has 2 aromatic carbocycles. The average Bonchev–Trinajstić information content (AvgIpc) is 3.41.